The average Bonchev–Trinajstić information content (AvgIpc) is 3.09. The van der Waals surface area contributed by atoms with Crippen LogP contribution in [0.3, 0.4) is 0 Å². The number of aromatic nitrogens is 2. The zero-order valence-electron chi connectivity index (χ0n) is 10.8. The number of nitrogens with one attached hydrogen (secondary N) is 2. The molecule has 1 saturated carbocycles. The minimum atomic E-state index is -0.321. The summed E-state index contributed by atoms with van der Waals surface area (Å²) in [4.78, 5) is 16.4. The molecule has 1 aliphatic rings. The zero-order valence-corrected chi connectivity index (χ0v) is 10.8. The van der Waals surface area contributed by atoms with Crippen molar-refractivity contribution in [2.24, 2.45) is 7.05 Å². The lowest BCUT2D eigenvalue weighted by Crippen LogP contribution is -2.28. The van der Waals surface area contributed by atoms with Crippen molar-refractivity contribution >= 4 is 11.8 Å². The van der Waals surface area contributed by atoms with E-state index in [9.17, 15) is 4.79 Å². The van der Waals surface area contributed by atoms with Crippen molar-refractivity contribution in [2.45, 2.75) is 38.8 Å². The molecule has 0 bridgehead atoms. The average molecular weight is 247 g/mol. The van der Waals surface area contributed by atoms with Gasteiger partial charge in [-0.2, -0.15) is 10.2 Å². The second-order valence-corrected chi connectivity index (χ2v) is 4.85. The van der Waals surface area contributed by atoms with Gasteiger partial charge in [-0.25, -0.2) is 0 Å². The van der Waals surface area contributed by atoms with Crippen molar-refractivity contribution < 1.29 is 0 Å². The van der Waals surface area contributed by atoms with Gasteiger partial charge in [0.15, 0.2) is 11.4 Å². The third-order valence-corrected chi connectivity index (χ3v) is 2.74. The Balaban J connectivity index is 2.46. The first kappa shape index (κ1) is 12.4. The van der Waals surface area contributed by atoms with E-state index in [0.717, 1.165) is 12.8 Å². The molecule has 2 N–H and O–H groups in total. The first-order valence-corrected chi connectivity index (χ1v) is 6.07. The van der Waals surface area contributed by atoms with E-state index < -0.39 is 0 Å². The zero-order chi connectivity index (χ0) is 13.3. The van der Waals surface area contributed by atoms with Gasteiger partial charge in [0.05, 0.1) is 0 Å². The van der Waals surface area contributed by atoms with Crippen LogP contribution in [0.25, 0.3) is 0 Å². The molecule has 0 aromatic carbocycles. The first-order valence-electron chi connectivity index (χ1n) is 6.07. The fraction of sp³-hybridized carbons (Fsp3) is 0.583. The standard InChI is InChI=1S/C12H17N5O/c1-7(2)14-10-9(6-13)11(18)17(3)12(16-10)15-8-4-5-8/h7-8,14H,4-5H2,1-3H3,(H,15,16). The SMILES string of the molecule is CC(C)Nc1nc(NC2CC2)n(C)c(=O)c1C#N. The molecule has 6 heteroatoms. The quantitative estimate of drug-likeness (QED) is 0.830. The molecule has 1 heterocycles. The highest BCUT2D eigenvalue weighted by Crippen LogP contribution is 2.24. The molecule has 6 nitrogen and oxygen atoms in total. The summed E-state index contributed by atoms with van der Waals surface area (Å²) < 4.78 is 1.39. The number of hydrogen-bond donors (Lipinski definition) is 2. The highest BCUT2D eigenvalue weighted by atomic mass is 16.1. The summed E-state index contributed by atoms with van der Waals surface area (Å²) in [5.74, 6) is 0.878. The van der Waals surface area contributed by atoms with Crippen LogP contribution in [0.15, 0.2) is 4.79 Å². The Kier molecular flexibility index (Phi) is 3.24. The Morgan fingerprint density at radius 1 is 1.50 bits per heavy atom. The second kappa shape index (κ2) is 4.69. The summed E-state index contributed by atoms with van der Waals surface area (Å²) in [6.07, 6.45) is 2.20. The van der Waals surface area contributed by atoms with E-state index in [1.807, 2.05) is 19.9 Å². The lowest BCUT2D eigenvalue weighted by atomic mass is 10.3. The topological polar surface area (TPSA) is 82.7 Å². The third kappa shape index (κ3) is 2.45. The lowest BCUT2D eigenvalue weighted by molar-refractivity contribution is 0.806. The van der Waals surface area contributed by atoms with Crippen molar-refractivity contribution in [1.82, 2.24) is 9.55 Å². The Bertz CT molecular complexity index is 551. The summed E-state index contributed by atoms with van der Waals surface area (Å²) in [7, 11) is 1.63. The van der Waals surface area contributed by atoms with Crippen LogP contribution in [-0.4, -0.2) is 21.6 Å². The normalized spacial score (nSPS) is 14.4. The van der Waals surface area contributed by atoms with Crippen molar-refractivity contribution in [2.75, 3.05) is 10.6 Å². The van der Waals surface area contributed by atoms with Gasteiger partial charge in [0.1, 0.15) is 6.07 Å². The number of nitrogens with zero attached hydrogens (tertiary/aromatic N) is 3. The minimum Gasteiger partial charge on any atom is -0.367 e. The van der Waals surface area contributed by atoms with Crippen LogP contribution in [0.2, 0.25) is 0 Å². The van der Waals surface area contributed by atoms with E-state index >= 15 is 0 Å². The van der Waals surface area contributed by atoms with Gasteiger partial charge in [-0.3, -0.25) is 9.36 Å². The Labute approximate surface area is 106 Å². The molecule has 1 fully saturated rings. The van der Waals surface area contributed by atoms with Gasteiger partial charge >= 0.3 is 0 Å². The fourth-order valence-corrected chi connectivity index (χ4v) is 1.62. The monoisotopic (exact) mass is 247 g/mol. The molecule has 1 aromatic rings. The maximum atomic E-state index is 12.0. The van der Waals surface area contributed by atoms with Gasteiger partial charge in [-0.15, -0.1) is 0 Å². The second-order valence-electron chi connectivity index (χ2n) is 4.85. The summed E-state index contributed by atoms with van der Waals surface area (Å²) in [6, 6.07) is 2.44. The van der Waals surface area contributed by atoms with Crippen LogP contribution in [-0.2, 0) is 7.05 Å². The largest absolute Gasteiger partial charge is 0.367 e. The maximum Gasteiger partial charge on any atom is 0.274 e. The van der Waals surface area contributed by atoms with Crippen molar-refractivity contribution in [3.8, 4) is 6.07 Å². The number of hydrogen-bond acceptors (Lipinski definition) is 5. The van der Waals surface area contributed by atoms with E-state index in [4.69, 9.17) is 5.26 Å². The molecular weight excluding hydrogens is 230 g/mol. The molecule has 0 radical (unpaired) electrons. The number of anilines is 2. The third-order valence-electron chi connectivity index (χ3n) is 2.74. The molecule has 0 saturated heterocycles. The Morgan fingerprint density at radius 3 is 2.67 bits per heavy atom. The minimum absolute atomic E-state index is 0.0625. The van der Waals surface area contributed by atoms with Gasteiger partial charge in [0.25, 0.3) is 5.56 Å². The van der Waals surface area contributed by atoms with Crippen LogP contribution in [0.1, 0.15) is 32.3 Å². The van der Waals surface area contributed by atoms with Crippen molar-refractivity contribution in [3.05, 3.63) is 15.9 Å². The van der Waals surface area contributed by atoms with E-state index in [1.165, 1.54) is 4.57 Å². The summed E-state index contributed by atoms with van der Waals surface area (Å²) in [6.45, 7) is 3.88. The van der Waals surface area contributed by atoms with Crippen LogP contribution in [0.5, 0.6) is 0 Å². The molecule has 0 amide bonds. The molecule has 0 aliphatic heterocycles. The van der Waals surface area contributed by atoms with E-state index in [-0.39, 0.29) is 17.2 Å². The predicted molar refractivity (Wildman–Crippen MR) is 69.6 cm³/mol. The van der Waals surface area contributed by atoms with Crippen LogP contribution < -0.4 is 16.2 Å². The van der Waals surface area contributed by atoms with Crippen LogP contribution >= 0.6 is 0 Å². The van der Waals surface area contributed by atoms with E-state index in [1.54, 1.807) is 7.05 Å². The molecule has 1 aromatic heterocycles. The molecule has 1 aliphatic carbocycles. The Morgan fingerprint density at radius 2 is 2.17 bits per heavy atom. The molecule has 2 rings (SSSR count). The van der Waals surface area contributed by atoms with Crippen LogP contribution in [0.4, 0.5) is 11.8 Å². The molecular formula is C12H17N5O. The summed E-state index contributed by atoms with van der Waals surface area (Å²) >= 11 is 0. The highest BCUT2D eigenvalue weighted by molar-refractivity contribution is 5.54. The molecule has 0 atom stereocenters. The molecule has 0 unspecified atom stereocenters. The maximum absolute atomic E-state index is 12.0. The first-order chi connectivity index (χ1) is 8.52. The smallest absolute Gasteiger partial charge is 0.274 e. The molecule has 96 valence electrons. The predicted octanol–water partition coefficient (Wildman–Crippen LogP) is 1.05. The van der Waals surface area contributed by atoms with Crippen molar-refractivity contribution in [3.63, 3.8) is 0 Å². The van der Waals surface area contributed by atoms with Crippen LogP contribution in [0, 0.1) is 11.3 Å². The van der Waals surface area contributed by atoms with Gasteiger partial charge in [-0.1, -0.05) is 0 Å². The lowest BCUT2D eigenvalue weighted by Gasteiger charge is -2.15. The summed E-state index contributed by atoms with van der Waals surface area (Å²) in [5.41, 5.74) is -0.258. The number of nitriles is 1. The molecule has 0 spiro atoms. The van der Waals surface area contributed by atoms with Gasteiger partial charge in [0.2, 0.25) is 5.95 Å². The molecule has 18 heavy (non-hydrogen) atoms. The van der Waals surface area contributed by atoms with Gasteiger partial charge in [-0.05, 0) is 26.7 Å². The van der Waals surface area contributed by atoms with Gasteiger partial charge in [0, 0.05) is 19.1 Å². The van der Waals surface area contributed by atoms with E-state index in [2.05, 4.69) is 15.6 Å². The van der Waals surface area contributed by atoms with E-state index in [0.29, 0.717) is 17.8 Å². The Hall–Kier alpha value is -2.03. The number of rotatable bonds is 4. The van der Waals surface area contributed by atoms with Crippen molar-refractivity contribution in [1.29, 1.82) is 5.26 Å². The van der Waals surface area contributed by atoms with Gasteiger partial charge < -0.3 is 10.6 Å². The highest BCUT2D eigenvalue weighted by Gasteiger charge is 2.24. The fourth-order valence-electron chi connectivity index (χ4n) is 1.62. The summed E-state index contributed by atoms with van der Waals surface area (Å²) in [5, 5.41) is 15.3.